The molecule has 0 unspecified atom stereocenters. The number of nitrogens with one attached hydrogen (secondary N) is 1. The molecule has 2 aromatic heterocycles. The fourth-order valence-electron chi connectivity index (χ4n) is 3.13. The van der Waals surface area contributed by atoms with Crippen molar-refractivity contribution >= 4 is 11.6 Å². The zero-order chi connectivity index (χ0) is 19.2. The molecule has 0 fully saturated rings. The highest BCUT2D eigenvalue weighted by Crippen LogP contribution is 2.30. The van der Waals surface area contributed by atoms with E-state index >= 15 is 0 Å². The quantitative estimate of drug-likeness (QED) is 0.747. The van der Waals surface area contributed by atoms with E-state index in [4.69, 9.17) is 4.74 Å². The van der Waals surface area contributed by atoms with Gasteiger partial charge in [0.25, 0.3) is 5.91 Å². The first kappa shape index (κ1) is 17.3. The molecule has 27 heavy (non-hydrogen) atoms. The third-order valence-corrected chi connectivity index (χ3v) is 4.35. The van der Waals surface area contributed by atoms with Gasteiger partial charge in [-0.1, -0.05) is 18.2 Å². The Bertz CT molecular complexity index is 1030. The lowest BCUT2D eigenvalue weighted by atomic mass is 10.0. The Morgan fingerprint density at radius 1 is 1.33 bits per heavy atom. The van der Waals surface area contributed by atoms with E-state index in [1.54, 1.807) is 0 Å². The van der Waals surface area contributed by atoms with Gasteiger partial charge < -0.3 is 10.1 Å². The van der Waals surface area contributed by atoms with Crippen molar-refractivity contribution in [2.75, 3.05) is 6.61 Å². The minimum absolute atomic E-state index is 0.0111. The minimum Gasteiger partial charge on any atom is -0.491 e. The molecule has 1 aromatic carbocycles. The monoisotopic (exact) mass is 376 g/mol. The van der Waals surface area contributed by atoms with Crippen LogP contribution in [0.15, 0.2) is 36.5 Å². The van der Waals surface area contributed by atoms with Crippen molar-refractivity contribution < 1.29 is 22.7 Å². The van der Waals surface area contributed by atoms with Crippen molar-refractivity contribution in [1.29, 1.82) is 0 Å². The summed E-state index contributed by atoms with van der Waals surface area (Å²) in [5, 5.41) is 6.51. The third-order valence-electron chi connectivity index (χ3n) is 4.35. The molecule has 6 nitrogen and oxygen atoms in total. The summed E-state index contributed by atoms with van der Waals surface area (Å²) in [7, 11) is 0. The van der Waals surface area contributed by atoms with E-state index in [1.165, 1.54) is 6.92 Å². The average Bonchev–Trinajstić information content (AvgIpc) is 3.03. The smallest absolute Gasteiger partial charge is 0.433 e. The average molecular weight is 376 g/mol. The lowest BCUT2D eigenvalue weighted by Crippen LogP contribution is -2.42. The summed E-state index contributed by atoms with van der Waals surface area (Å²) in [6, 6.07) is 8.10. The molecule has 0 saturated heterocycles. The van der Waals surface area contributed by atoms with Crippen LogP contribution < -0.4 is 10.1 Å². The number of aromatic nitrogens is 3. The van der Waals surface area contributed by atoms with E-state index in [1.807, 2.05) is 24.3 Å². The fraction of sp³-hybridized carbons (Fsp3) is 0.278. The summed E-state index contributed by atoms with van der Waals surface area (Å²) < 4.78 is 45.9. The van der Waals surface area contributed by atoms with Crippen LogP contribution in [0, 0.1) is 6.92 Å². The summed E-state index contributed by atoms with van der Waals surface area (Å²) >= 11 is 0. The normalized spacial score (nSPS) is 16.7. The van der Waals surface area contributed by atoms with E-state index in [9.17, 15) is 18.0 Å². The maximum atomic E-state index is 13.2. The molecule has 9 heteroatoms. The van der Waals surface area contributed by atoms with Crippen molar-refractivity contribution in [3.05, 3.63) is 59.0 Å². The van der Waals surface area contributed by atoms with E-state index in [0.717, 1.165) is 23.6 Å². The fourth-order valence-corrected chi connectivity index (χ4v) is 3.13. The Hall–Kier alpha value is -3.10. The molecule has 3 heterocycles. The van der Waals surface area contributed by atoms with Crippen LogP contribution >= 0.6 is 0 Å². The molecule has 0 spiro atoms. The van der Waals surface area contributed by atoms with Crippen LogP contribution in [0.3, 0.4) is 0 Å². The summed E-state index contributed by atoms with van der Waals surface area (Å²) in [5.74, 6) is 0.232. The second-order valence-electron chi connectivity index (χ2n) is 6.37. The first-order chi connectivity index (χ1) is 12.8. The lowest BCUT2D eigenvalue weighted by molar-refractivity contribution is -0.142. The number of amides is 1. The van der Waals surface area contributed by atoms with Gasteiger partial charge in [-0.3, -0.25) is 4.79 Å². The van der Waals surface area contributed by atoms with Crippen LogP contribution in [0.2, 0.25) is 0 Å². The number of aryl methyl sites for hydroxylation is 1. The van der Waals surface area contributed by atoms with Gasteiger partial charge in [0, 0.05) is 5.69 Å². The highest BCUT2D eigenvalue weighted by Gasteiger charge is 2.35. The number of rotatable bonds is 2. The van der Waals surface area contributed by atoms with Crippen LogP contribution in [-0.4, -0.2) is 33.2 Å². The molecule has 0 saturated carbocycles. The highest BCUT2D eigenvalue weighted by molar-refractivity contribution is 5.99. The van der Waals surface area contributed by atoms with E-state index in [-0.39, 0.29) is 29.6 Å². The number of hydrogen-bond acceptors (Lipinski definition) is 4. The number of hydrogen-bond donors (Lipinski definition) is 1. The van der Waals surface area contributed by atoms with Crippen LogP contribution in [0.5, 0.6) is 5.75 Å². The van der Waals surface area contributed by atoms with Gasteiger partial charge in [-0.25, -0.2) is 9.50 Å². The number of halogens is 3. The number of nitrogens with zero attached hydrogens (tertiary/aromatic N) is 3. The number of fused-ring (bicyclic) bond motifs is 2. The van der Waals surface area contributed by atoms with Gasteiger partial charge in [0.2, 0.25) is 0 Å². The Balaban J connectivity index is 1.62. The Morgan fingerprint density at radius 2 is 2.11 bits per heavy atom. The number of alkyl halides is 3. The first-order valence-electron chi connectivity index (χ1n) is 8.27. The van der Waals surface area contributed by atoms with E-state index < -0.39 is 17.8 Å². The summed E-state index contributed by atoms with van der Waals surface area (Å²) in [6.45, 7) is 1.72. The zero-order valence-corrected chi connectivity index (χ0v) is 14.2. The number of carbonyl (C=O) groups excluding carboxylic acids is 1. The van der Waals surface area contributed by atoms with Crippen molar-refractivity contribution in [3.63, 3.8) is 0 Å². The van der Waals surface area contributed by atoms with E-state index in [2.05, 4.69) is 15.4 Å². The maximum absolute atomic E-state index is 13.2. The Morgan fingerprint density at radius 3 is 2.89 bits per heavy atom. The highest BCUT2D eigenvalue weighted by atomic mass is 19.4. The lowest BCUT2D eigenvalue weighted by Gasteiger charge is -2.25. The summed E-state index contributed by atoms with van der Waals surface area (Å²) in [4.78, 5) is 16.7. The van der Waals surface area contributed by atoms with Gasteiger partial charge in [-0.05, 0) is 31.0 Å². The number of ether oxygens (including phenoxy) is 1. The number of benzene rings is 1. The molecule has 1 amide bonds. The molecule has 3 aromatic rings. The van der Waals surface area contributed by atoms with Crippen LogP contribution in [0.4, 0.5) is 13.2 Å². The minimum atomic E-state index is -4.60. The molecule has 1 atom stereocenters. The van der Waals surface area contributed by atoms with Gasteiger partial charge in [0.1, 0.15) is 23.6 Å². The molecule has 140 valence electrons. The standard InChI is InChI=1S/C18H15F3N4O2/c1-10-6-15(18(19,20)21)25-16(23-10)13(8-22-25)17(26)24-12-7-11-4-2-3-5-14(11)27-9-12/h2-6,8,12H,7,9H2,1H3,(H,24,26)/t12-/m1/s1. The third kappa shape index (κ3) is 3.20. The summed E-state index contributed by atoms with van der Waals surface area (Å²) in [6.07, 6.45) is -2.93. The largest absolute Gasteiger partial charge is 0.491 e. The summed E-state index contributed by atoms with van der Waals surface area (Å²) in [5.41, 5.74) is 0.000493. The van der Waals surface area contributed by atoms with Crippen LogP contribution in [0.1, 0.15) is 27.3 Å². The van der Waals surface area contributed by atoms with Gasteiger partial charge in [0.15, 0.2) is 5.65 Å². The molecular formula is C18H15F3N4O2. The molecule has 1 aliphatic heterocycles. The molecule has 1 aliphatic rings. The zero-order valence-electron chi connectivity index (χ0n) is 14.2. The topological polar surface area (TPSA) is 68.5 Å². The van der Waals surface area contributed by atoms with Crippen LogP contribution in [0.25, 0.3) is 5.65 Å². The van der Waals surface area contributed by atoms with Gasteiger partial charge in [-0.15, -0.1) is 0 Å². The molecule has 1 N–H and O–H groups in total. The van der Waals surface area contributed by atoms with Crippen molar-refractivity contribution in [2.45, 2.75) is 25.6 Å². The molecule has 0 aliphatic carbocycles. The molecule has 0 bridgehead atoms. The van der Waals surface area contributed by atoms with Gasteiger partial charge >= 0.3 is 6.18 Å². The van der Waals surface area contributed by atoms with E-state index in [0.29, 0.717) is 10.9 Å². The predicted molar refractivity (Wildman–Crippen MR) is 89.6 cm³/mol. The first-order valence-corrected chi connectivity index (χ1v) is 8.27. The Kier molecular flexibility index (Phi) is 4.01. The number of para-hydroxylation sites is 1. The Labute approximate surface area is 152 Å². The van der Waals surface area contributed by atoms with Crippen LogP contribution in [-0.2, 0) is 12.6 Å². The molecular weight excluding hydrogens is 361 g/mol. The second-order valence-corrected chi connectivity index (χ2v) is 6.37. The predicted octanol–water partition coefficient (Wildman–Crippen LogP) is 2.79. The van der Waals surface area contributed by atoms with Crippen molar-refractivity contribution in [1.82, 2.24) is 19.9 Å². The van der Waals surface area contributed by atoms with Gasteiger partial charge in [0.05, 0.1) is 12.2 Å². The van der Waals surface area contributed by atoms with Crippen molar-refractivity contribution in [2.24, 2.45) is 0 Å². The second kappa shape index (κ2) is 6.26. The maximum Gasteiger partial charge on any atom is 0.433 e. The molecule has 0 radical (unpaired) electrons. The van der Waals surface area contributed by atoms with Crippen molar-refractivity contribution in [3.8, 4) is 5.75 Å². The molecule has 4 rings (SSSR count). The van der Waals surface area contributed by atoms with Gasteiger partial charge in [-0.2, -0.15) is 18.3 Å². The number of carbonyl (C=O) groups is 1. The SMILES string of the molecule is Cc1cc(C(F)(F)F)n2ncc(C(=O)N[C@H]3COc4ccccc4C3)c2n1.